The van der Waals surface area contributed by atoms with Crippen molar-refractivity contribution in [1.29, 1.82) is 0 Å². The van der Waals surface area contributed by atoms with Crippen molar-refractivity contribution in [2.75, 3.05) is 6.54 Å². The molecule has 96 valence electrons. The van der Waals surface area contributed by atoms with Crippen LogP contribution in [0.3, 0.4) is 0 Å². The summed E-state index contributed by atoms with van der Waals surface area (Å²) in [5, 5.41) is 4.02. The Morgan fingerprint density at radius 3 is 2.83 bits per heavy atom. The van der Waals surface area contributed by atoms with Crippen molar-refractivity contribution < 1.29 is 4.42 Å². The SMILES string of the molecule is CCCNCc1ccc(-c2ccc(Cl)c(Br)c2)o1. The molecule has 2 nitrogen and oxygen atoms in total. The summed E-state index contributed by atoms with van der Waals surface area (Å²) in [6, 6.07) is 9.76. The first-order chi connectivity index (χ1) is 8.70. The van der Waals surface area contributed by atoms with Gasteiger partial charge in [0.25, 0.3) is 0 Å². The Bertz CT molecular complexity index is 524. The van der Waals surface area contributed by atoms with E-state index in [4.69, 9.17) is 16.0 Å². The second-order valence-corrected chi connectivity index (χ2v) is 5.33. The molecule has 0 aliphatic heterocycles. The summed E-state index contributed by atoms with van der Waals surface area (Å²) in [6.45, 7) is 3.91. The first-order valence-corrected chi connectivity index (χ1v) is 7.12. The first kappa shape index (κ1) is 13.7. The van der Waals surface area contributed by atoms with Crippen molar-refractivity contribution in [1.82, 2.24) is 5.32 Å². The third-order valence-electron chi connectivity index (χ3n) is 2.59. The molecule has 0 radical (unpaired) electrons. The van der Waals surface area contributed by atoms with Crippen LogP contribution in [0, 0.1) is 0 Å². The first-order valence-electron chi connectivity index (χ1n) is 5.95. The molecule has 1 heterocycles. The van der Waals surface area contributed by atoms with E-state index >= 15 is 0 Å². The average molecular weight is 329 g/mol. The molecule has 0 saturated heterocycles. The molecule has 2 aromatic rings. The van der Waals surface area contributed by atoms with Gasteiger partial charge in [0, 0.05) is 10.0 Å². The number of hydrogen-bond donors (Lipinski definition) is 1. The molecular weight excluding hydrogens is 314 g/mol. The summed E-state index contributed by atoms with van der Waals surface area (Å²) in [5.41, 5.74) is 1.02. The lowest BCUT2D eigenvalue weighted by molar-refractivity contribution is 0.493. The summed E-state index contributed by atoms with van der Waals surface area (Å²) < 4.78 is 6.66. The van der Waals surface area contributed by atoms with Gasteiger partial charge in [-0.3, -0.25) is 0 Å². The van der Waals surface area contributed by atoms with E-state index in [9.17, 15) is 0 Å². The molecule has 0 aliphatic carbocycles. The average Bonchev–Trinajstić information content (AvgIpc) is 2.82. The standard InChI is InChI=1S/C14H15BrClNO/c1-2-7-17-9-11-4-6-14(18-11)10-3-5-13(16)12(15)8-10/h3-6,8,17H,2,7,9H2,1H3. The van der Waals surface area contributed by atoms with Crippen LogP contribution < -0.4 is 5.32 Å². The van der Waals surface area contributed by atoms with Gasteiger partial charge in [-0.2, -0.15) is 0 Å². The highest BCUT2D eigenvalue weighted by molar-refractivity contribution is 9.10. The minimum atomic E-state index is 0.704. The maximum absolute atomic E-state index is 5.97. The van der Waals surface area contributed by atoms with Crippen molar-refractivity contribution in [3.8, 4) is 11.3 Å². The van der Waals surface area contributed by atoms with Gasteiger partial charge >= 0.3 is 0 Å². The minimum absolute atomic E-state index is 0.704. The lowest BCUT2D eigenvalue weighted by Crippen LogP contribution is -2.12. The number of hydrogen-bond acceptors (Lipinski definition) is 2. The predicted octanol–water partition coefficient (Wildman–Crippen LogP) is 4.86. The van der Waals surface area contributed by atoms with Crippen LogP contribution in [0.2, 0.25) is 5.02 Å². The zero-order valence-electron chi connectivity index (χ0n) is 10.2. The highest BCUT2D eigenvalue weighted by Gasteiger charge is 2.06. The monoisotopic (exact) mass is 327 g/mol. The van der Waals surface area contributed by atoms with Crippen LogP contribution in [0.15, 0.2) is 39.2 Å². The lowest BCUT2D eigenvalue weighted by atomic mass is 10.2. The fourth-order valence-corrected chi connectivity index (χ4v) is 2.16. The number of rotatable bonds is 5. The van der Waals surface area contributed by atoms with Gasteiger partial charge in [0.1, 0.15) is 11.5 Å². The molecule has 0 saturated carbocycles. The molecular formula is C14H15BrClNO. The number of nitrogens with one attached hydrogen (secondary N) is 1. The molecule has 0 bridgehead atoms. The van der Waals surface area contributed by atoms with Crippen LogP contribution in [0.4, 0.5) is 0 Å². The molecule has 4 heteroatoms. The van der Waals surface area contributed by atoms with E-state index in [-0.39, 0.29) is 0 Å². The summed E-state index contributed by atoms with van der Waals surface area (Å²) in [4.78, 5) is 0. The lowest BCUT2D eigenvalue weighted by Gasteiger charge is -2.01. The largest absolute Gasteiger partial charge is 0.460 e. The molecule has 0 fully saturated rings. The van der Waals surface area contributed by atoms with E-state index < -0.39 is 0 Å². The molecule has 0 unspecified atom stereocenters. The van der Waals surface area contributed by atoms with Crippen molar-refractivity contribution in [2.45, 2.75) is 19.9 Å². The molecule has 1 aromatic carbocycles. The van der Waals surface area contributed by atoms with Crippen LogP contribution in [-0.4, -0.2) is 6.54 Å². The van der Waals surface area contributed by atoms with E-state index in [0.717, 1.165) is 41.1 Å². The van der Waals surface area contributed by atoms with Gasteiger partial charge in [-0.15, -0.1) is 0 Å². The number of halogens is 2. The van der Waals surface area contributed by atoms with Crippen molar-refractivity contribution in [3.05, 3.63) is 45.6 Å². The number of benzene rings is 1. The van der Waals surface area contributed by atoms with Crippen molar-refractivity contribution >= 4 is 27.5 Å². The summed E-state index contributed by atoms with van der Waals surface area (Å²) in [5.74, 6) is 1.81. The van der Waals surface area contributed by atoms with E-state index in [2.05, 4.69) is 28.2 Å². The van der Waals surface area contributed by atoms with Crippen molar-refractivity contribution in [2.24, 2.45) is 0 Å². The zero-order chi connectivity index (χ0) is 13.0. The van der Waals surface area contributed by atoms with E-state index in [1.165, 1.54) is 0 Å². The van der Waals surface area contributed by atoms with Gasteiger partial charge in [0.05, 0.1) is 11.6 Å². The number of furan rings is 1. The topological polar surface area (TPSA) is 25.2 Å². The van der Waals surface area contributed by atoms with Gasteiger partial charge in [0.15, 0.2) is 0 Å². The van der Waals surface area contributed by atoms with E-state index in [1.807, 2.05) is 30.3 Å². The van der Waals surface area contributed by atoms with E-state index in [0.29, 0.717) is 5.02 Å². The molecule has 1 aromatic heterocycles. The highest BCUT2D eigenvalue weighted by Crippen LogP contribution is 2.29. The third kappa shape index (κ3) is 3.37. The van der Waals surface area contributed by atoms with Gasteiger partial charge in [-0.1, -0.05) is 18.5 Å². The van der Waals surface area contributed by atoms with Crippen molar-refractivity contribution in [3.63, 3.8) is 0 Å². The second kappa shape index (κ2) is 6.41. The molecule has 0 atom stereocenters. The minimum Gasteiger partial charge on any atom is -0.460 e. The molecule has 1 N–H and O–H groups in total. The van der Waals surface area contributed by atoms with Crippen LogP contribution >= 0.6 is 27.5 Å². The summed E-state index contributed by atoms with van der Waals surface area (Å²) >= 11 is 9.39. The maximum atomic E-state index is 5.97. The zero-order valence-corrected chi connectivity index (χ0v) is 12.5. The Morgan fingerprint density at radius 2 is 2.11 bits per heavy atom. The van der Waals surface area contributed by atoms with Crippen LogP contribution in [0.5, 0.6) is 0 Å². The second-order valence-electron chi connectivity index (χ2n) is 4.07. The van der Waals surface area contributed by atoms with E-state index in [1.54, 1.807) is 0 Å². The normalized spacial score (nSPS) is 10.8. The predicted molar refractivity (Wildman–Crippen MR) is 78.9 cm³/mol. The quantitative estimate of drug-likeness (QED) is 0.793. The Kier molecular flexibility index (Phi) is 4.87. The maximum Gasteiger partial charge on any atom is 0.134 e. The van der Waals surface area contributed by atoms with Gasteiger partial charge in [-0.05, 0) is 59.2 Å². The molecule has 0 spiro atoms. The summed E-state index contributed by atoms with van der Waals surface area (Å²) in [6.07, 6.45) is 1.12. The Morgan fingerprint density at radius 1 is 1.28 bits per heavy atom. The molecule has 2 rings (SSSR count). The van der Waals surface area contributed by atoms with Gasteiger partial charge < -0.3 is 9.73 Å². The third-order valence-corrected chi connectivity index (χ3v) is 3.81. The fraction of sp³-hybridized carbons (Fsp3) is 0.286. The highest BCUT2D eigenvalue weighted by atomic mass is 79.9. The Hall–Kier alpha value is -0.770. The van der Waals surface area contributed by atoms with Crippen LogP contribution in [0.25, 0.3) is 11.3 Å². The molecule has 0 amide bonds. The van der Waals surface area contributed by atoms with Gasteiger partial charge in [-0.25, -0.2) is 0 Å². The Balaban J connectivity index is 2.11. The smallest absolute Gasteiger partial charge is 0.134 e. The summed E-state index contributed by atoms with van der Waals surface area (Å²) in [7, 11) is 0. The van der Waals surface area contributed by atoms with Crippen LogP contribution in [0.1, 0.15) is 19.1 Å². The van der Waals surface area contributed by atoms with Crippen LogP contribution in [-0.2, 0) is 6.54 Å². The molecule has 0 aliphatic rings. The molecule has 18 heavy (non-hydrogen) atoms. The van der Waals surface area contributed by atoms with Gasteiger partial charge in [0.2, 0.25) is 0 Å². The Labute approximate surface area is 120 Å². The fourth-order valence-electron chi connectivity index (χ4n) is 1.67.